The van der Waals surface area contributed by atoms with Crippen molar-refractivity contribution in [3.63, 3.8) is 0 Å². The van der Waals surface area contributed by atoms with E-state index in [9.17, 15) is 20.4 Å². The fourth-order valence-corrected chi connectivity index (χ4v) is 6.97. The first-order valence-corrected chi connectivity index (χ1v) is 9.61. The van der Waals surface area contributed by atoms with Crippen molar-refractivity contribution in [2.45, 2.75) is 76.3 Å². The monoisotopic (exact) mass is 346 g/mol. The second-order valence-electron chi connectivity index (χ2n) is 9.42. The Morgan fingerprint density at radius 2 is 1.88 bits per heavy atom. The third kappa shape index (κ3) is 2.04. The summed E-state index contributed by atoms with van der Waals surface area (Å²) < 4.78 is 0. The number of fused-ring (bicyclic) bond motifs is 5. The van der Waals surface area contributed by atoms with Crippen LogP contribution in [-0.4, -0.2) is 44.3 Å². The number of hydrogen-bond acceptors (Lipinski definition) is 4. The van der Waals surface area contributed by atoms with Gasteiger partial charge in [0.05, 0.1) is 18.3 Å². The minimum atomic E-state index is -1.45. The standard InChI is InChI=1S/C21H30O4/c1-4-21(25)18(24)10-15-13-6-5-12-9-16(22)17(23)11-19(12,2)14(13)7-8-20(15,21)3/h1,5,13-18,22-25H,6-11H2,2-3H3/t13-,14+,15+,16+,17+,18+,19+,20+,21+/m1/s1. The van der Waals surface area contributed by atoms with Crippen LogP contribution in [0.1, 0.15) is 52.4 Å². The van der Waals surface area contributed by atoms with Gasteiger partial charge in [-0.15, -0.1) is 6.42 Å². The molecule has 25 heavy (non-hydrogen) atoms. The van der Waals surface area contributed by atoms with Crippen molar-refractivity contribution >= 4 is 0 Å². The molecule has 4 N–H and O–H groups in total. The second kappa shape index (κ2) is 5.33. The molecule has 4 aliphatic rings. The topological polar surface area (TPSA) is 80.9 Å². The van der Waals surface area contributed by atoms with Crippen LogP contribution in [0.3, 0.4) is 0 Å². The van der Waals surface area contributed by atoms with Crippen molar-refractivity contribution < 1.29 is 20.4 Å². The van der Waals surface area contributed by atoms with E-state index in [1.807, 2.05) is 6.92 Å². The molecule has 0 aromatic rings. The number of allylic oxidation sites excluding steroid dienone is 1. The lowest BCUT2D eigenvalue weighted by atomic mass is 9.47. The molecule has 0 saturated heterocycles. The summed E-state index contributed by atoms with van der Waals surface area (Å²) in [4.78, 5) is 0. The molecule has 4 nitrogen and oxygen atoms in total. The van der Waals surface area contributed by atoms with Gasteiger partial charge in [0.2, 0.25) is 0 Å². The highest BCUT2D eigenvalue weighted by molar-refractivity contribution is 5.31. The molecule has 4 heteroatoms. The van der Waals surface area contributed by atoms with E-state index in [4.69, 9.17) is 6.42 Å². The van der Waals surface area contributed by atoms with Crippen LogP contribution in [0.25, 0.3) is 0 Å². The zero-order valence-electron chi connectivity index (χ0n) is 15.2. The first-order chi connectivity index (χ1) is 11.7. The predicted octanol–water partition coefficient (Wildman–Crippen LogP) is 1.62. The Labute approximate surface area is 150 Å². The molecule has 0 amide bonds. The lowest BCUT2D eigenvalue weighted by Gasteiger charge is -2.58. The molecule has 0 spiro atoms. The van der Waals surface area contributed by atoms with Gasteiger partial charge in [-0.3, -0.25) is 0 Å². The molecule has 0 bridgehead atoms. The minimum Gasteiger partial charge on any atom is -0.390 e. The smallest absolute Gasteiger partial charge is 0.156 e. The molecule has 3 fully saturated rings. The summed E-state index contributed by atoms with van der Waals surface area (Å²) in [7, 11) is 0. The van der Waals surface area contributed by atoms with Crippen molar-refractivity contribution in [2.75, 3.05) is 0 Å². The minimum absolute atomic E-state index is 0.106. The Kier molecular flexibility index (Phi) is 3.74. The molecule has 138 valence electrons. The number of aliphatic hydroxyl groups excluding tert-OH is 3. The van der Waals surface area contributed by atoms with Gasteiger partial charge in [-0.1, -0.05) is 31.4 Å². The molecule has 9 atom stereocenters. The van der Waals surface area contributed by atoms with Crippen molar-refractivity contribution in [3.8, 4) is 12.3 Å². The van der Waals surface area contributed by atoms with E-state index in [1.54, 1.807) is 0 Å². The zero-order valence-corrected chi connectivity index (χ0v) is 15.2. The Hall–Kier alpha value is -0.860. The van der Waals surface area contributed by atoms with Gasteiger partial charge in [-0.05, 0) is 61.7 Å². The quantitative estimate of drug-likeness (QED) is 0.397. The van der Waals surface area contributed by atoms with Gasteiger partial charge in [-0.25, -0.2) is 0 Å². The van der Waals surface area contributed by atoms with E-state index in [2.05, 4.69) is 18.9 Å². The highest BCUT2D eigenvalue weighted by Crippen LogP contribution is 2.66. The van der Waals surface area contributed by atoms with Gasteiger partial charge in [0.15, 0.2) is 5.60 Å². The number of aliphatic hydroxyl groups is 4. The number of hydrogen-bond donors (Lipinski definition) is 4. The van der Waals surface area contributed by atoms with Crippen LogP contribution in [-0.2, 0) is 0 Å². The van der Waals surface area contributed by atoms with Crippen molar-refractivity contribution in [3.05, 3.63) is 11.6 Å². The highest BCUT2D eigenvalue weighted by atomic mass is 16.3. The maximum absolute atomic E-state index is 11.0. The normalized spacial score (nSPS) is 57.7. The van der Waals surface area contributed by atoms with E-state index in [1.165, 1.54) is 5.57 Å². The maximum atomic E-state index is 11.0. The average Bonchev–Trinajstić information content (AvgIpc) is 2.77. The number of rotatable bonds is 0. The highest BCUT2D eigenvalue weighted by Gasteiger charge is 2.67. The summed E-state index contributed by atoms with van der Waals surface area (Å²) in [5.74, 6) is 3.46. The Morgan fingerprint density at radius 1 is 1.16 bits per heavy atom. The zero-order chi connectivity index (χ0) is 18.2. The molecule has 3 saturated carbocycles. The predicted molar refractivity (Wildman–Crippen MR) is 94.3 cm³/mol. The van der Waals surface area contributed by atoms with Crippen molar-refractivity contribution in [1.29, 1.82) is 0 Å². The van der Waals surface area contributed by atoms with Gasteiger partial charge in [0.1, 0.15) is 0 Å². The van der Waals surface area contributed by atoms with Gasteiger partial charge in [-0.2, -0.15) is 0 Å². The molecule has 0 aromatic carbocycles. The molecule has 4 aliphatic carbocycles. The molecule has 0 heterocycles. The van der Waals surface area contributed by atoms with Gasteiger partial charge in [0.25, 0.3) is 0 Å². The average molecular weight is 346 g/mol. The summed E-state index contributed by atoms with van der Waals surface area (Å²) in [6.07, 6.45) is 10.0. The van der Waals surface area contributed by atoms with Crippen LogP contribution in [0.15, 0.2) is 11.6 Å². The molecule has 0 aliphatic heterocycles. The Balaban J connectivity index is 1.72. The van der Waals surface area contributed by atoms with Gasteiger partial charge >= 0.3 is 0 Å². The lowest BCUT2D eigenvalue weighted by Crippen LogP contribution is -2.56. The third-order valence-corrected chi connectivity index (χ3v) is 8.57. The van der Waals surface area contributed by atoms with Gasteiger partial charge < -0.3 is 20.4 Å². The molecule has 0 radical (unpaired) electrons. The van der Waals surface area contributed by atoms with Crippen LogP contribution in [0, 0.1) is 40.9 Å². The first-order valence-electron chi connectivity index (χ1n) is 9.61. The fourth-order valence-electron chi connectivity index (χ4n) is 6.97. The lowest BCUT2D eigenvalue weighted by molar-refractivity contribution is -0.125. The largest absolute Gasteiger partial charge is 0.390 e. The van der Waals surface area contributed by atoms with Crippen LogP contribution in [0.5, 0.6) is 0 Å². The third-order valence-electron chi connectivity index (χ3n) is 8.57. The summed E-state index contributed by atoms with van der Waals surface area (Å²) in [5, 5.41) is 41.9. The molecule has 4 rings (SSSR count). The summed E-state index contributed by atoms with van der Waals surface area (Å²) in [6, 6.07) is 0. The molecule has 0 unspecified atom stereocenters. The van der Waals surface area contributed by atoms with Crippen molar-refractivity contribution in [1.82, 2.24) is 0 Å². The van der Waals surface area contributed by atoms with E-state index in [-0.39, 0.29) is 11.3 Å². The van der Waals surface area contributed by atoms with Crippen LogP contribution >= 0.6 is 0 Å². The fraction of sp³-hybridized carbons (Fsp3) is 0.810. The van der Waals surface area contributed by atoms with Gasteiger partial charge in [0, 0.05) is 5.41 Å². The van der Waals surface area contributed by atoms with Crippen LogP contribution < -0.4 is 0 Å². The summed E-state index contributed by atoms with van der Waals surface area (Å²) >= 11 is 0. The summed E-state index contributed by atoms with van der Waals surface area (Å²) in [6.45, 7) is 4.27. The first kappa shape index (κ1) is 17.5. The van der Waals surface area contributed by atoms with E-state index in [0.29, 0.717) is 31.1 Å². The number of terminal acetylenes is 1. The molecular weight excluding hydrogens is 316 g/mol. The summed E-state index contributed by atoms with van der Waals surface area (Å²) in [5.41, 5.74) is -0.738. The Morgan fingerprint density at radius 3 is 2.56 bits per heavy atom. The van der Waals surface area contributed by atoms with Crippen LogP contribution in [0.2, 0.25) is 0 Å². The van der Waals surface area contributed by atoms with Crippen molar-refractivity contribution in [2.24, 2.45) is 28.6 Å². The van der Waals surface area contributed by atoms with Crippen LogP contribution in [0.4, 0.5) is 0 Å². The SMILES string of the molecule is C#C[C@]1(O)[C@@H](O)C[C@H]2[C@@H]3CC=C4C[C@H](O)[C@@H](O)C[C@]4(C)[C@H]3CC[C@@]21C. The molecular formula is C21H30O4. The molecule has 0 aromatic heterocycles. The van der Waals surface area contributed by atoms with E-state index < -0.39 is 29.3 Å². The Bertz CT molecular complexity index is 651. The second-order valence-corrected chi connectivity index (χ2v) is 9.42. The van der Waals surface area contributed by atoms with E-state index >= 15 is 0 Å². The maximum Gasteiger partial charge on any atom is 0.156 e. The van der Waals surface area contributed by atoms with E-state index in [0.717, 1.165) is 19.3 Å².